The number of aromatic hydroxyl groups is 1. The third kappa shape index (κ3) is 3.53. The standard InChI is InChI=1S/C13H11NO2.In/c15-12-9-5-4-8-11(12)13(16)14-10-6-2-1-3-7-10;/h1-9,15H,(H,14,16);. The van der Waals surface area contributed by atoms with Crippen molar-refractivity contribution in [1.29, 1.82) is 0 Å². The van der Waals surface area contributed by atoms with Crippen molar-refractivity contribution in [3.8, 4) is 5.75 Å². The van der Waals surface area contributed by atoms with E-state index in [1.54, 1.807) is 30.3 Å². The van der Waals surface area contributed by atoms with Crippen LogP contribution >= 0.6 is 0 Å². The Morgan fingerprint density at radius 2 is 1.53 bits per heavy atom. The van der Waals surface area contributed by atoms with Gasteiger partial charge in [0.15, 0.2) is 0 Å². The van der Waals surface area contributed by atoms with Gasteiger partial charge in [0.05, 0.1) is 5.56 Å². The number of phenols is 1. The molecule has 0 bridgehead atoms. The maximum Gasteiger partial charge on any atom is 0.259 e. The normalized spacial score (nSPS) is 9.18. The van der Waals surface area contributed by atoms with Crippen LogP contribution in [0.15, 0.2) is 54.6 Å². The van der Waals surface area contributed by atoms with E-state index in [4.69, 9.17) is 0 Å². The second-order valence-electron chi connectivity index (χ2n) is 3.34. The van der Waals surface area contributed by atoms with Crippen molar-refractivity contribution in [3.63, 3.8) is 0 Å². The van der Waals surface area contributed by atoms with Crippen LogP contribution in [0.1, 0.15) is 10.4 Å². The Morgan fingerprint density at radius 3 is 2.18 bits per heavy atom. The second kappa shape index (κ2) is 6.35. The molecule has 0 spiro atoms. The summed E-state index contributed by atoms with van der Waals surface area (Å²) in [5.41, 5.74) is 0.974. The first-order chi connectivity index (χ1) is 7.77. The fourth-order valence-electron chi connectivity index (χ4n) is 1.39. The zero-order chi connectivity index (χ0) is 11.4. The zero-order valence-electron chi connectivity index (χ0n) is 9.13. The summed E-state index contributed by atoms with van der Waals surface area (Å²) in [5, 5.41) is 12.2. The molecule has 3 nitrogen and oxygen atoms in total. The van der Waals surface area contributed by atoms with Crippen LogP contribution in [0.2, 0.25) is 0 Å². The molecule has 0 aromatic heterocycles. The van der Waals surface area contributed by atoms with Gasteiger partial charge in [-0.05, 0) is 24.3 Å². The number of carbonyl (C=O) groups is 1. The topological polar surface area (TPSA) is 49.3 Å². The summed E-state index contributed by atoms with van der Waals surface area (Å²) in [7, 11) is 0. The smallest absolute Gasteiger partial charge is 0.259 e. The van der Waals surface area contributed by atoms with Crippen molar-refractivity contribution in [3.05, 3.63) is 60.2 Å². The predicted molar refractivity (Wildman–Crippen MR) is 68.3 cm³/mol. The summed E-state index contributed by atoms with van der Waals surface area (Å²) in [5.74, 6) is -0.333. The summed E-state index contributed by atoms with van der Waals surface area (Å²) >= 11 is 0. The first-order valence-corrected chi connectivity index (χ1v) is 4.92. The van der Waals surface area contributed by atoms with Gasteiger partial charge in [0.25, 0.3) is 5.91 Å². The van der Waals surface area contributed by atoms with E-state index >= 15 is 0 Å². The first-order valence-electron chi connectivity index (χ1n) is 4.92. The number of carbonyl (C=O) groups excluding carboxylic acids is 1. The summed E-state index contributed by atoms with van der Waals surface area (Å²) < 4.78 is 0. The van der Waals surface area contributed by atoms with Crippen LogP contribution in [0.5, 0.6) is 5.75 Å². The minimum atomic E-state index is -0.315. The van der Waals surface area contributed by atoms with Gasteiger partial charge < -0.3 is 10.4 Å². The minimum absolute atomic E-state index is 0. The Bertz CT molecular complexity index is 500. The van der Waals surface area contributed by atoms with E-state index in [0.717, 1.165) is 0 Å². The molecule has 0 heterocycles. The van der Waals surface area contributed by atoms with Gasteiger partial charge in [-0.1, -0.05) is 30.3 Å². The molecule has 0 fully saturated rings. The second-order valence-corrected chi connectivity index (χ2v) is 3.34. The van der Waals surface area contributed by atoms with Gasteiger partial charge >= 0.3 is 0 Å². The van der Waals surface area contributed by atoms with Crippen LogP contribution in [0.3, 0.4) is 0 Å². The van der Waals surface area contributed by atoms with Crippen LogP contribution in [-0.2, 0) is 0 Å². The average molecular weight is 328 g/mol. The number of nitrogens with one attached hydrogen (secondary N) is 1. The molecule has 0 aliphatic heterocycles. The number of anilines is 1. The molecule has 0 saturated heterocycles. The zero-order valence-corrected chi connectivity index (χ0v) is 12.4. The van der Waals surface area contributed by atoms with E-state index in [2.05, 4.69) is 5.32 Å². The maximum atomic E-state index is 11.8. The van der Waals surface area contributed by atoms with Gasteiger partial charge in [0.2, 0.25) is 0 Å². The largest absolute Gasteiger partial charge is 0.507 e. The van der Waals surface area contributed by atoms with E-state index in [1.165, 1.54) is 6.07 Å². The van der Waals surface area contributed by atoms with Crippen molar-refractivity contribution in [2.75, 3.05) is 5.32 Å². The molecule has 0 atom stereocenters. The Balaban J connectivity index is 0.00000144. The molecule has 3 radical (unpaired) electrons. The fraction of sp³-hybridized carbons (Fsp3) is 0. The van der Waals surface area contributed by atoms with Gasteiger partial charge in [-0.25, -0.2) is 0 Å². The van der Waals surface area contributed by atoms with Gasteiger partial charge in [-0.2, -0.15) is 0 Å². The molecule has 4 heteroatoms. The molecule has 0 aliphatic rings. The number of para-hydroxylation sites is 2. The summed E-state index contributed by atoms with van der Waals surface area (Å²) in [6.45, 7) is 0. The molecule has 2 N–H and O–H groups in total. The molecular formula is C13H11InNO2. The molecule has 0 aliphatic carbocycles. The Morgan fingerprint density at radius 1 is 0.941 bits per heavy atom. The number of phenolic OH excluding ortho intramolecular Hbond substituents is 1. The van der Waals surface area contributed by atoms with Crippen LogP contribution in [-0.4, -0.2) is 36.9 Å². The molecule has 2 rings (SSSR count). The van der Waals surface area contributed by atoms with Gasteiger partial charge in [-0.3, -0.25) is 4.79 Å². The molecule has 83 valence electrons. The van der Waals surface area contributed by atoms with E-state index in [0.29, 0.717) is 5.69 Å². The average Bonchev–Trinajstić information content (AvgIpc) is 2.31. The summed E-state index contributed by atoms with van der Waals surface area (Å²) in [6.07, 6.45) is 0. The number of rotatable bonds is 2. The molecule has 0 unspecified atom stereocenters. The quantitative estimate of drug-likeness (QED) is 0.889. The van der Waals surface area contributed by atoms with Crippen LogP contribution < -0.4 is 5.32 Å². The Kier molecular flexibility index (Phi) is 5.10. The van der Waals surface area contributed by atoms with Crippen molar-refractivity contribution in [2.24, 2.45) is 0 Å². The third-order valence-corrected chi connectivity index (χ3v) is 2.18. The fourth-order valence-corrected chi connectivity index (χ4v) is 1.39. The number of hydrogen-bond acceptors (Lipinski definition) is 2. The van der Waals surface area contributed by atoms with Crippen molar-refractivity contribution >= 4 is 37.4 Å². The van der Waals surface area contributed by atoms with E-state index < -0.39 is 0 Å². The van der Waals surface area contributed by atoms with E-state index in [1.807, 2.05) is 18.2 Å². The first kappa shape index (κ1) is 13.6. The van der Waals surface area contributed by atoms with E-state index in [9.17, 15) is 9.90 Å². The van der Waals surface area contributed by atoms with E-state index in [-0.39, 0.29) is 43.1 Å². The van der Waals surface area contributed by atoms with Crippen LogP contribution in [0, 0.1) is 0 Å². The summed E-state index contributed by atoms with van der Waals surface area (Å²) in [4.78, 5) is 11.8. The number of hydrogen-bond donors (Lipinski definition) is 2. The molecule has 0 saturated carbocycles. The molecule has 1 amide bonds. The maximum absolute atomic E-state index is 11.8. The molecule has 17 heavy (non-hydrogen) atoms. The third-order valence-electron chi connectivity index (χ3n) is 2.18. The van der Waals surface area contributed by atoms with Gasteiger partial charge in [0.1, 0.15) is 5.75 Å². The van der Waals surface area contributed by atoms with Gasteiger partial charge in [0, 0.05) is 31.5 Å². The SMILES string of the molecule is O=C(Nc1ccccc1)c1ccccc1O.[In]. The monoisotopic (exact) mass is 328 g/mol. The van der Waals surface area contributed by atoms with Crippen LogP contribution in [0.4, 0.5) is 5.69 Å². The Labute approximate surface area is 118 Å². The minimum Gasteiger partial charge on any atom is -0.507 e. The van der Waals surface area contributed by atoms with Crippen molar-refractivity contribution in [1.82, 2.24) is 0 Å². The van der Waals surface area contributed by atoms with Gasteiger partial charge in [-0.15, -0.1) is 0 Å². The van der Waals surface area contributed by atoms with Crippen molar-refractivity contribution < 1.29 is 9.90 Å². The Hall–Kier alpha value is -1.42. The predicted octanol–water partition coefficient (Wildman–Crippen LogP) is 2.26. The molecular weight excluding hydrogens is 317 g/mol. The number of amides is 1. The number of benzene rings is 2. The van der Waals surface area contributed by atoms with Crippen molar-refractivity contribution in [2.45, 2.75) is 0 Å². The van der Waals surface area contributed by atoms with Crippen LogP contribution in [0.25, 0.3) is 0 Å². The summed E-state index contributed by atoms with van der Waals surface area (Å²) in [6, 6.07) is 15.6. The molecule has 2 aromatic carbocycles. The molecule has 2 aromatic rings.